The number of aliphatic hydroxyl groups excluding tert-OH is 1. The van der Waals surface area contributed by atoms with E-state index in [1.807, 2.05) is 6.07 Å². The van der Waals surface area contributed by atoms with Crippen molar-refractivity contribution in [2.24, 2.45) is 0 Å². The largest absolute Gasteiger partial charge is 0.378 e. The van der Waals surface area contributed by atoms with Crippen LogP contribution in [0.25, 0.3) is 11.4 Å². The molecule has 0 bridgehead atoms. The molecule has 3 N–H and O–H groups in total. The van der Waals surface area contributed by atoms with Gasteiger partial charge >= 0.3 is 0 Å². The van der Waals surface area contributed by atoms with Crippen LogP contribution >= 0.6 is 0 Å². The van der Waals surface area contributed by atoms with Gasteiger partial charge in [0.25, 0.3) is 5.91 Å². The lowest BCUT2D eigenvalue weighted by Gasteiger charge is -2.11. The SMILES string of the molecule is O=C(Nc1ccc(-c2nn[nH]n2)cc1)C(O)c1ccccc1. The van der Waals surface area contributed by atoms with Crippen LogP contribution in [-0.4, -0.2) is 31.6 Å². The molecule has 0 fully saturated rings. The molecule has 0 spiro atoms. The Morgan fingerprint density at radius 3 is 2.45 bits per heavy atom. The number of benzene rings is 2. The third-order valence-corrected chi connectivity index (χ3v) is 3.12. The second-order valence-corrected chi connectivity index (χ2v) is 4.62. The quantitative estimate of drug-likeness (QED) is 0.677. The Kier molecular flexibility index (Phi) is 3.88. The first-order valence-electron chi connectivity index (χ1n) is 6.62. The molecule has 1 atom stereocenters. The van der Waals surface area contributed by atoms with Crippen LogP contribution in [0.5, 0.6) is 0 Å². The summed E-state index contributed by atoms with van der Waals surface area (Å²) in [5, 5.41) is 26.3. The predicted molar refractivity (Wildman–Crippen MR) is 79.6 cm³/mol. The van der Waals surface area contributed by atoms with Gasteiger partial charge in [-0.3, -0.25) is 4.79 Å². The number of aromatic amines is 1. The maximum atomic E-state index is 12.0. The first-order valence-corrected chi connectivity index (χ1v) is 6.62. The smallest absolute Gasteiger partial charge is 0.257 e. The number of aromatic nitrogens is 4. The van der Waals surface area contributed by atoms with Crippen LogP contribution in [0.2, 0.25) is 0 Å². The van der Waals surface area contributed by atoms with Gasteiger partial charge in [-0.2, -0.15) is 5.21 Å². The summed E-state index contributed by atoms with van der Waals surface area (Å²) in [6.07, 6.45) is -1.21. The van der Waals surface area contributed by atoms with Crippen LogP contribution in [0, 0.1) is 0 Å². The number of carbonyl (C=O) groups excluding carboxylic acids is 1. The lowest BCUT2D eigenvalue weighted by molar-refractivity contribution is -0.124. The molecular weight excluding hydrogens is 282 g/mol. The van der Waals surface area contributed by atoms with Gasteiger partial charge in [-0.1, -0.05) is 30.3 Å². The maximum absolute atomic E-state index is 12.0. The van der Waals surface area contributed by atoms with Gasteiger partial charge in [0.2, 0.25) is 5.82 Å². The van der Waals surface area contributed by atoms with Crippen molar-refractivity contribution in [2.45, 2.75) is 6.10 Å². The molecule has 0 radical (unpaired) electrons. The number of hydrogen-bond acceptors (Lipinski definition) is 5. The highest BCUT2D eigenvalue weighted by molar-refractivity contribution is 5.94. The molecule has 1 aromatic heterocycles. The average molecular weight is 295 g/mol. The van der Waals surface area contributed by atoms with E-state index in [1.165, 1.54) is 0 Å². The number of amides is 1. The van der Waals surface area contributed by atoms with Crippen molar-refractivity contribution in [3.8, 4) is 11.4 Å². The minimum Gasteiger partial charge on any atom is -0.378 e. The second kappa shape index (κ2) is 6.15. The molecular formula is C15H13N5O2. The number of rotatable bonds is 4. The molecule has 0 aliphatic heterocycles. The first-order chi connectivity index (χ1) is 10.7. The zero-order valence-electron chi connectivity index (χ0n) is 11.5. The standard InChI is InChI=1S/C15H13N5O2/c21-13(10-4-2-1-3-5-10)15(22)16-12-8-6-11(7-9-12)14-17-19-20-18-14/h1-9,13,21H,(H,16,22)(H,17,18,19,20). The Balaban J connectivity index is 1.69. The van der Waals surface area contributed by atoms with Crippen molar-refractivity contribution >= 4 is 11.6 Å². The topological polar surface area (TPSA) is 104 Å². The predicted octanol–water partition coefficient (Wildman–Crippen LogP) is 1.54. The van der Waals surface area contributed by atoms with Gasteiger partial charge in [-0.05, 0) is 35.0 Å². The Morgan fingerprint density at radius 2 is 1.82 bits per heavy atom. The van der Waals surface area contributed by atoms with E-state index in [4.69, 9.17) is 0 Å². The van der Waals surface area contributed by atoms with Gasteiger partial charge in [0.05, 0.1) is 0 Å². The molecule has 22 heavy (non-hydrogen) atoms. The van der Waals surface area contributed by atoms with Gasteiger partial charge in [0, 0.05) is 11.3 Å². The lowest BCUT2D eigenvalue weighted by atomic mass is 10.1. The fraction of sp³-hybridized carbons (Fsp3) is 0.0667. The minimum atomic E-state index is -1.21. The van der Waals surface area contributed by atoms with Crippen molar-refractivity contribution in [1.29, 1.82) is 0 Å². The molecule has 0 aliphatic rings. The molecule has 2 aromatic carbocycles. The number of carbonyl (C=O) groups is 1. The zero-order valence-corrected chi connectivity index (χ0v) is 11.5. The highest BCUT2D eigenvalue weighted by Gasteiger charge is 2.17. The number of nitrogens with one attached hydrogen (secondary N) is 2. The second-order valence-electron chi connectivity index (χ2n) is 4.62. The van der Waals surface area contributed by atoms with Gasteiger partial charge in [-0.15, -0.1) is 10.2 Å². The van der Waals surface area contributed by atoms with E-state index in [1.54, 1.807) is 48.5 Å². The maximum Gasteiger partial charge on any atom is 0.257 e. The molecule has 7 heteroatoms. The summed E-state index contributed by atoms with van der Waals surface area (Å²) < 4.78 is 0. The molecule has 0 saturated carbocycles. The van der Waals surface area contributed by atoms with Crippen molar-refractivity contribution in [2.75, 3.05) is 5.32 Å². The van der Waals surface area contributed by atoms with E-state index in [-0.39, 0.29) is 0 Å². The fourth-order valence-electron chi connectivity index (χ4n) is 1.98. The van der Waals surface area contributed by atoms with Crippen LogP contribution in [0.3, 0.4) is 0 Å². The van der Waals surface area contributed by atoms with Gasteiger partial charge in [0.15, 0.2) is 6.10 Å². The Morgan fingerprint density at radius 1 is 1.09 bits per heavy atom. The monoisotopic (exact) mass is 295 g/mol. The Hall–Kier alpha value is -3.06. The highest BCUT2D eigenvalue weighted by atomic mass is 16.3. The summed E-state index contributed by atoms with van der Waals surface area (Å²) in [4.78, 5) is 12.0. The van der Waals surface area contributed by atoms with E-state index in [0.29, 0.717) is 17.1 Å². The number of aliphatic hydroxyl groups is 1. The number of H-pyrrole nitrogens is 1. The third kappa shape index (κ3) is 2.99. The summed E-state index contributed by atoms with van der Waals surface area (Å²) >= 11 is 0. The number of nitrogens with zero attached hydrogens (tertiary/aromatic N) is 3. The van der Waals surface area contributed by atoms with E-state index in [9.17, 15) is 9.90 Å². The normalized spacial score (nSPS) is 11.9. The van der Waals surface area contributed by atoms with Gasteiger partial charge in [-0.25, -0.2) is 0 Å². The Bertz CT molecular complexity index is 741. The van der Waals surface area contributed by atoms with E-state index < -0.39 is 12.0 Å². The molecule has 1 heterocycles. The van der Waals surface area contributed by atoms with E-state index >= 15 is 0 Å². The molecule has 1 amide bonds. The van der Waals surface area contributed by atoms with Crippen LogP contribution in [0.4, 0.5) is 5.69 Å². The first kappa shape index (κ1) is 13.9. The Labute approximate surface area is 126 Å². The molecule has 0 saturated heterocycles. The van der Waals surface area contributed by atoms with Gasteiger partial charge < -0.3 is 10.4 Å². The van der Waals surface area contributed by atoms with Crippen LogP contribution in [0.1, 0.15) is 11.7 Å². The van der Waals surface area contributed by atoms with E-state index in [0.717, 1.165) is 5.56 Å². The molecule has 3 rings (SSSR count). The lowest BCUT2D eigenvalue weighted by Crippen LogP contribution is -2.20. The van der Waals surface area contributed by atoms with Crippen LogP contribution < -0.4 is 5.32 Å². The molecule has 3 aromatic rings. The summed E-state index contributed by atoms with van der Waals surface area (Å²) in [7, 11) is 0. The van der Waals surface area contributed by atoms with E-state index in [2.05, 4.69) is 25.9 Å². The highest BCUT2D eigenvalue weighted by Crippen LogP contribution is 2.19. The summed E-state index contributed by atoms with van der Waals surface area (Å²) in [5.74, 6) is -0.0132. The number of tetrazole rings is 1. The summed E-state index contributed by atoms with van der Waals surface area (Å²) in [5.41, 5.74) is 1.89. The van der Waals surface area contributed by atoms with Crippen LogP contribution in [0.15, 0.2) is 54.6 Å². The summed E-state index contributed by atoms with van der Waals surface area (Å²) in [6.45, 7) is 0. The number of anilines is 1. The molecule has 1 unspecified atom stereocenters. The fourth-order valence-corrected chi connectivity index (χ4v) is 1.98. The van der Waals surface area contributed by atoms with Crippen molar-refractivity contribution in [3.63, 3.8) is 0 Å². The zero-order chi connectivity index (χ0) is 15.4. The van der Waals surface area contributed by atoms with Crippen molar-refractivity contribution < 1.29 is 9.90 Å². The molecule has 7 nitrogen and oxygen atoms in total. The van der Waals surface area contributed by atoms with Crippen LogP contribution in [-0.2, 0) is 4.79 Å². The van der Waals surface area contributed by atoms with Gasteiger partial charge in [0.1, 0.15) is 0 Å². The number of hydrogen-bond donors (Lipinski definition) is 3. The summed E-state index contributed by atoms with van der Waals surface area (Å²) in [6, 6.07) is 15.7. The molecule has 110 valence electrons. The minimum absolute atomic E-state index is 0.474. The van der Waals surface area contributed by atoms with Crippen molar-refractivity contribution in [1.82, 2.24) is 20.6 Å². The van der Waals surface area contributed by atoms with Crippen molar-refractivity contribution in [3.05, 3.63) is 60.2 Å². The average Bonchev–Trinajstić information content (AvgIpc) is 3.10. The third-order valence-electron chi connectivity index (χ3n) is 3.12. The molecule has 0 aliphatic carbocycles.